The zero-order chi connectivity index (χ0) is 19.3. The fourth-order valence-corrected chi connectivity index (χ4v) is 3.40. The Bertz CT molecular complexity index is 806. The maximum Gasteiger partial charge on any atom is 0.261 e. The maximum atomic E-state index is 13.2. The third-order valence-corrected chi connectivity index (χ3v) is 5.61. The molecule has 2 rings (SSSR count). The summed E-state index contributed by atoms with van der Waals surface area (Å²) in [6, 6.07) is 7.18. The molecule has 1 aromatic carbocycles. The van der Waals surface area contributed by atoms with Crippen LogP contribution in [0.2, 0.25) is 0 Å². The number of carbonyl (C=O) groups is 2. The number of nitrogens with one attached hydrogen (secondary N) is 2. The molecule has 4 N–H and O–H groups in total. The predicted molar refractivity (Wildman–Crippen MR) is 110 cm³/mol. The smallest absolute Gasteiger partial charge is 0.261 e. The summed E-state index contributed by atoms with van der Waals surface area (Å²) in [5.41, 5.74) is 6.77. The molecule has 27 heavy (non-hydrogen) atoms. The highest BCUT2D eigenvalue weighted by molar-refractivity contribution is 7.18. The van der Waals surface area contributed by atoms with Crippen molar-refractivity contribution in [1.29, 1.82) is 0 Å². The zero-order valence-electron chi connectivity index (χ0n) is 15.6. The summed E-state index contributed by atoms with van der Waals surface area (Å²) in [5.74, 6) is -1.11. The summed E-state index contributed by atoms with van der Waals surface area (Å²) in [6.45, 7) is 6.18. The van der Waals surface area contributed by atoms with Crippen LogP contribution in [0.25, 0.3) is 0 Å². The number of halogens is 2. The SMILES string of the molecule is CCC(N)(CC)CNC(=O)c1sc(NC(=O)c2cccc(F)c2)cc1C.Cl. The molecule has 8 heteroatoms. The lowest BCUT2D eigenvalue weighted by Crippen LogP contribution is -2.49. The first-order chi connectivity index (χ1) is 12.3. The number of rotatable bonds is 7. The molecule has 2 aromatic rings. The molecule has 0 fully saturated rings. The van der Waals surface area contributed by atoms with Gasteiger partial charge >= 0.3 is 0 Å². The van der Waals surface area contributed by atoms with Crippen LogP contribution in [0.4, 0.5) is 9.39 Å². The number of amides is 2. The molecule has 1 aromatic heterocycles. The molecular formula is C19H25ClFN3O2S. The lowest BCUT2D eigenvalue weighted by Gasteiger charge is -2.26. The summed E-state index contributed by atoms with van der Waals surface area (Å²) < 4.78 is 13.2. The van der Waals surface area contributed by atoms with Crippen LogP contribution in [-0.2, 0) is 0 Å². The lowest BCUT2D eigenvalue weighted by molar-refractivity contribution is 0.0945. The highest BCUT2D eigenvalue weighted by Gasteiger charge is 2.22. The molecule has 2 amide bonds. The number of benzene rings is 1. The molecule has 0 saturated carbocycles. The summed E-state index contributed by atoms with van der Waals surface area (Å²) in [6.07, 6.45) is 1.53. The fraction of sp³-hybridized carbons (Fsp3) is 0.368. The molecule has 0 atom stereocenters. The van der Waals surface area contributed by atoms with Crippen molar-refractivity contribution in [2.24, 2.45) is 5.73 Å². The van der Waals surface area contributed by atoms with Crippen LogP contribution in [0, 0.1) is 12.7 Å². The quantitative estimate of drug-likeness (QED) is 0.638. The largest absolute Gasteiger partial charge is 0.349 e. The van der Waals surface area contributed by atoms with Gasteiger partial charge in [-0.25, -0.2) is 4.39 Å². The van der Waals surface area contributed by atoms with Gasteiger partial charge < -0.3 is 16.4 Å². The second-order valence-electron chi connectivity index (χ2n) is 6.34. The lowest BCUT2D eigenvalue weighted by atomic mass is 9.94. The maximum absolute atomic E-state index is 13.2. The number of hydrogen-bond donors (Lipinski definition) is 3. The second-order valence-corrected chi connectivity index (χ2v) is 7.39. The summed E-state index contributed by atoms with van der Waals surface area (Å²) in [4.78, 5) is 25.2. The molecule has 148 valence electrons. The van der Waals surface area contributed by atoms with E-state index < -0.39 is 17.3 Å². The van der Waals surface area contributed by atoms with Crippen molar-refractivity contribution in [1.82, 2.24) is 5.32 Å². The summed E-state index contributed by atoms with van der Waals surface area (Å²) in [7, 11) is 0. The molecule has 0 aliphatic rings. The van der Waals surface area contributed by atoms with Gasteiger partial charge in [0.2, 0.25) is 0 Å². The van der Waals surface area contributed by atoms with E-state index in [-0.39, 0.29) is 23.9 Å². The van der Waals surface area contributed by atoms with E-state index in [9.17, 15) is 14.0 Å². The average molecular weight is 414 g/mol. The van der Waals surface area contributed by atoms with E-state index in [4.69, 9.17) is 5.73 Å². The Morgan fingerprint density at radius 3 is 2.44 bits per heavy atom. The van der Waals surface area contributed by atoms with Crippen molar-refractivity contribution in [2.75, 3.05) is 11.9 Å². The van der Waals surface area contributed by atoms with Crippen molar-refractivity contribution in [2.45, 2.75) is 39.2 Å². The van der Waals surface area contributed by atoms with Crippen molar-refractivity contribution in [3.63, 3.8) is 0 Å². The van der Waals surface area contributed by atoms with Crippen LogP contribution >= 0.6 is 23.7 Å². The van der Waals surface area contributed by atoms with Crippen molar-refractivity contribution >= 4 is 40.6 Å². The Labute approximate surface area is 168 Å². The molecule has 0 aliphatic heterocycles. The normalized spacial score (nSPS) is 10.9. The van der Waals surface area contributed by atoms with Gasteiger partial charge in [0.1, 0.15) is 5.82 Å². The Balaban J connectivity index is 0.00000364. The third-order valence-electron chi connectivity index (χ3n) is 4.46. The monoisotopic (exact) mass is 413 g/mol. The minimum Gasteiger partial charge on any atom is -0.349 e. The molecule has 0 radical (unpaired) electrons. The van der Waals surface area contributed by atoms with Gasteiger partial charge in [0, 0.05) is 17.6 Å². The van der Waals surface area contributed by atoms with E-state index in [0.29, 0.717) is 16.4 Å². The Kier molecular flexibility index (Phi) is 8.40. The number of anilines is 1. The van der Waals surface area contributed by atoms with Gasteiger partial charge in [-0.1, -0.05) is 19.9 Å². The van der Waals surface area contributed by atoms with Crippen LogP contribution in [0.15, 0.2) is 30.3 Å². The fourth-order valence-electron chi connectivity index (χ4n) is 2.42. The van der Waals surface area contributed by atoms with Crippen LogP contribution < -0.4 is 16.4 Å². The number of hydrogen-bond acceptors (Lipinski definition) is 4. The minimum absolute atomic E-state index is 0. The number of carbonyl (C=O) groups excluding carboxylic acids is 2. The van der Waals surface area contributed by atoms with Gasteiger partial charge in [0.05, 0.1) is 9.88 Å². The summed E-state index contributed by atoms with van der Waals surface area (Å²) in [5, 5.41) is 6.11. The molecule has 0 saturated heterocycles. The number of aryl methyl sites for hydroxylation is 1. The Hall–Kier alpha value is -1.96. The van der Waals surface area contributed by atoms with E-state index in [1.54, 1.807) is 13.0 Å². The van der Waals surface area contributed by atoms with Crippen molar-refractivity contribution < 1.29 is 14.0 Å². The van der Waals surface area contributed by atoms with Gasteiger partial charge in [-0.15, -0.1) is 23.7 Å². The Morgan fingerprint density at radius 2 is 1.85 bits per heavy atom. The van der Waals surface area contributed by atoms with Gasteiger partial charge in [-0.05, 0) is 49.6 Å². The number of nitrogens with two attached hydrogens (primary N) is 1. The molecule has 1 heterocycles. The van der Waals surface area contributed by atoms with E-state index >= 15 is 0 Å². The molecule has 0 unspecified atom stereocenters. The van der Waals surface area contributed by atoms with E-state index in [2.05, 4.69) is 10.6 Å². The number of thiophene rings is 1. The highest BCUT2D eigenvalue weighted by atomic mass is 35.5. The van der Waals surface area contributed by atoms with Crippen LogP contribution in [0.5, 0.6) is 0 Å². The zero-order valence-corrected chi connectivity index (χ0v) is 17.2. The molecule has 0 spiro atoms. The highest BCUT2D eigenvalue weighted by Crippen LogP contribution is 2.27. The first kappa shape index (κ1) is 23.1. The molecular weight excluding hydrogens is 389 g/mol. The van der Waals surface area contributed by atoms with Crippen molar-refractivity contribution in [3.8, 4) is 0 Å². The molecule has 0 bridgehead atoms. The summed E-state index contributed by atoms with van der Waals surface area (Å²) >= 11 is 1.18. The molecule has 5 nitrogen and oxygen atoms in total. The predicted octanol–water partition coefficient (Wildman–Crippen LogP) is 4.12. The first-order valence-electron chi connectivity index (χ1n) is 8.52. The van der Waals surface area contributed by atoms with Crippen LogP contribution in [0.1, 0.15) is 52.3 Å². The van der Waals surface area contributed by atoms with Gasteiger partial charge in [-0.2, -0.15) is 0 Å². The van der Waals surface area contributed by atoms with E-state index in [1.165, 1.54) is 35.6 Å². The first-order valence-corrected chi connectivity index (χ1v) is 9.34. The van der Waals surface area contributed by atoms with Crippen molar-refractivity contribution in [3.05, 3.63) is 52.2 Å². The molecule has 0 aliphatic carbocycles. The topological polar surface area (TPSA) is 84.2 Å². The average Bonchev–Trinajstić information content (AvgIpc) is 2.99. The van der Waals surface area contributed by atoms with Crippen LogP contribution in [0.3, 0.4) is 0 Å². The third kappa shape index (κ3) is 6.02. The second kappa shape index (κ2) is 9.82. The minimum atomic E-state index is -0.475. The van der Waals surface area contributed by atoms with E-state index in [1.807, 2.05) is 13.8 Å². The van der Waals surface area contributed by atoms with Gasteiger partial charge in [0.15, 0.2) is 0 Å². The van der Waals surface area contributed by atoms with Crippen LogP contribution in [-0.4, -0.2) is 23.9 Å². The van der Waals surface area contributed by atoms with E-state index in [0.717, 1.165) is 18.4 Å². The van der Waals surface area contributed by atoms with Gasteiger partial charge in [0.25, 0.3) is 11.8 Å². The van der Waals surface area contributed by atoms with Gasteiger partial charge in [-0.3, -0.25) is 9.59 Å². The standard InChI is InChI=1S/C19H24FN3O2S.ClH/c1-4-19(21,5-2)11-22-18(25)16-12(3)9-15(26-16)23-17(24)13-7-6-8-14(20)10-13;/h6-10H,4-5,11,21H2,1-3H3,(H,22,25)(H,23,24);1H. The Morgan fingerprint density at radius 1 is 1.19 bits per heavy atom.